The van der Waals surface area contributed by atoms with Gasteiger partial charge in [0.25, 0.3) is 5.91 Å². The molecule has 1 N–H and O–H groups in total. The SMILES string of the molecule is O=C(NC[C@H]1CCCN(C(=O)CCCCc2ccccc2)C1)c1ccccc1Cl. The Bertz CT molecular complexity index is 810. The van der Waals surface area contributed by atoms with Gasteiger partial charge in [-0.3, -0.25) is 9.59 Å². The van der Waals surface area contributed by atoms with Gasteiger partial charge in [-0.25, -0.2) is 0 Å². The van der Waals surface area contributed by atoms with E-state index in [1.165, 1.54) is 5.56 Å². The molecule has 0 saturated carbocycles. The number of amides is 2. The number of benzene rings is 2. The van der Waals surface area contributed by atoms with E-state index in [4.69, 9.17) is 11.6 Å². The second-order valence-corrected chi connectivity index (χ2v) is 8.14. The predicted molar refractivity (Wildman–Crippen MR) is 117 cm³/mol. The van der Waals surface area contributed by atoms with E-state index in [1.54, 1.807) is 18.2 Å². The summed E-state index contributed by atoms with van der Waals surface area (Å²) in [5.74, 6) is 0.378. The third-order valence-electron chi connectivity index (χ3n) is 5.49. The minimum Gasteiger partial charge on any atom is -0.352 e. The molecule has 29 heavy (non-hydrogen) atoms. The number of aryl methyl sites for hydroxylation is 1. The Morgan fingerprint density at radius 3 is 2.59 bits per heavy atom. The predicted octanol–water partition coefficient (Wildman–Crippen LogP) is 4.72. The van der Waals surface area contributed by atoms with Crippen molar-refractivity contribution in [1.82, 2.24) is 10.2 Å². The van der Waals surface area contributed by atoms with Gasteiger partial charge >= 0.3 is 0 Å². The Kier molecular flexibility index (Phi) is 8.12. The monoisotopic (exact) mass is 412 g/mol. The minimum atomic E-state index is -0.153. The molecule has 0 bridgehead atoms. The zero-order valence-corrected chi connectivity index (χ0v) is 17.5. The maximum Gasteiger partial charge on any atom is 0.252 e. The van der Waals surface area contributed by atoms with E-state index in [0.29, 0.717) is 29.5 Å². The van der Waals surface area contributed by atoms with Gasteiger partial charge in [0.2, 0.25) is 5.91 Å². The van der Waals surface area contributed by atoms with Gasteiger partial charge in [-0.2, -0.15) is 0 Å². The summed E-state index contributed by atoms with van der Waals surface area (Å²) in [6.07, 6.45) is 5.58. The molecular weight excluding hydrogens is 384 g/mol. The van der Waals surface area contributed by atoms with Crippen LogP contribution < -0.4 is 5.32 Å². The number of rotatable bonds is 8. The summed E-state index contributed by atoms with van der Waals surface area (Å²) in [6, 6.07) is 17.5. The van der Waals surface area contributed by atoms with Crippen LogP contribution in [0.1, 0.15) is 48.0 Å². The molecule has 0 aliphatic carbocycles. The Morgan fingerprint density at radius 1 is 1.03 bits per heavy atom. The third kappa shape index (κ3) is 6.60. The van der Waals surface area contributed by atoms with Crippen molar-refractivity contribution in [2.45, 2.75) is 38.5 Å². The molecule has 2 amide bonds. The van der Waals surface area contributed by atoms with E-state index >= 15 is 0 Å². The maximum absolute atomic E-state index is 12.6. The van der Waals surface area contributed by atoms with Gasteiger partial charge in [0.05, 0.1) is 10.6 Å². The lowest BCUT2D eigenvalue weighted by Gasteiger charge is -2.33. The van der Waals surface area contributed by atoms with Crippen molar-refractivity contribution >= 4 is 23.4 Å². The standard InChI is InChI=1S/C24H29ClN2O2/c25-22-14-6-5-13-21(22)24(29)26-17-20-12-8-16-27(18-20)23(28)15-7-4-11-19-9-2-1-3-10-19/h1-3,5-6,9-10,13-14,20H,4,7-8,11-12,15-18H2,(H,26,29)/t20-/m1/s1. The highest BCUT2D eigenvalue weighted by Crippen LogP contribution is 2.19. The first kappa shape index (κ1) is 21.4. The summed E-state index contributed by atoms with van der Waals surface area (Å²) >= 11 is 6.09. The Labute approximate surface area is 178 Å². The third-order valence-corrected chi connectivity index (χ3v) is 5.82. The number of hydrogen-bond acceptors (Lipinski definition) is 2. The Balaban J connectivity index is 1.38. The molecule has 1 saturated heterocycles. The van der Waals surface area contributed by atoms with Gasteiger partial charge in [0.1, 0.15) is 0 Å². The molecule has 1 fully saturated rings. The summed E-state index contributed by atoms with van der Waals surface area (Å²) in [4.78, 5) is 26.9. The van der Waals surface area contributed by atoms with Gasteiger partial charge in [-0.05, 0) is 55.7 Å². The molecule has 2 aromatic carbocycles. The van der Waals surface area contributed by atoms with Crippen molar-refractivity contribution in [3.05, 3.63) is 70.7 Å². The number of carbonyl (C=O) groups is 2. The second kappa shape index (κ2) is 11.0. The number of halogens is 1. The van der Waals surface area contributed by atoms with E-state index in [0.717, 1.165) is 45.2 Å². The van der Waals surface area contributed by atoms with Crippen LogP contribution in [-0.4, -0.2) is 36.3 Å². The molecule has 1 aliphatic rings. The summed E-state index contributed by atoms with van der Waals surface area (Å²) in [7, 11) is 0. The van der Waals surface area contributed by atoms with Crippen molar-refractivity contribution in [1.29, 1.82) is 0 Å². The van der Waals surface area contributed by atoms with Gasteiger partial charge in [-0.15, -0.1) is 0 Å². The van der Waals surface area contributed by atoms with Crippen LogP contribution in [0.4, 0.5) is 0 Å². The molecule has 154 valence electrons. The lowest BCUT2D eigenvalue weighted by molar-refractivity contribution is -0.133. The lowest BCUT2D eigenvalue weighted by atomic mass is 9.97. The molecule has 1 atom stereocenters. The number of hydrogen-bond donors (Lipinski definition) is 1. The summed E-state index contributed by atoms with van der Waals surface area (Å²) in [5, 5.41) is 3.44. The van der Waals surface area contributed by atoms with E-state index in [9.17, 15) is 9.59 Å². The highest BCUT2D eigenvalue weighted by atomic mass is 35.5. The Morgan fingerprint density at radius 2 is 1.79 bits per heavy atom. The number of piperidine rings is 1. The molecule has 0 aromatic heterocycles. The zero-order valence-electron chi connectivity index (χ0n) is 16.8. The number of carbonyl (C=O) groups excluding carboxylic acids is 2. The van der Waals surface area contributed by atoms with Crippen molar-refractivity contribution in [3.63, 3.8) is 0 Å². The molecule has 0 unspecified atom stereocenters. The van der Waals surface area contributed by atoms with E-state index < -0.39 is 0 Å². The van der Waals surface area contributed by atoms with E-state index in [2.05, 4.69) is 29.6 Å². The molecule has 0 radical (unpaired) electrons. The number of nitrogens with zero attached hydrogens (tertiary/aromatic N) is 1. The highest BCUT2D eigenvalue weighted by molar-refractivity contribution is 6.33. The molecule has 1 heterocycles. The molecule has 1 aliphatic heterocycles. The van der Waals surface area contributed by atoms with Crippen LogP contribution in [0.2, 0.25) is 5.02 Å². The molecule has 4 nitrogen and oxygen atoms in total. The van der Waals surface area contributed by atoms with E-state index in [1.807, 2.05) is 17.0 Å². The lowest BCUT2D eigenvalue weighted by Crippen LogP contribution is -2.43. The highest BCUT2D eigenvalue weighted by Gasteiger charge is 2.24. The number of nitrogens with one attached hydrogen (secondary N) is 1. The normalized spacial score (nSPS) is 16.4. The topological polar surface area (TPSA) is 49.4 Å². The van der Waals surface area contributed by atoms with Crippen LogP contribution in [0, 0.1) is 5.92 Å². The molecule has 2 aromatic rings. The molecule has 0 spiro atoms. The molecular formula is C24H29ClN2O2. The fourth-order valence-corrected chi connectivity index (χ4v) is 4.07. The average molecular weight is 413 g/mol. The van der Waals surface area contributed by atoms with Crippen LogP contribution in [0.15, 0.2) is 54.6 Å². The summed E-state index contributed by atoms with van der Waals surface area (Å²) in [5.41, 5.74) is 1.82. The summed E-state index contributed by atoms with van der Waals surface area (Å²) < 4.78 is 0. The van der Waals surface area contributed by atoms with Crippen molar-refractivity contribution in [2.24, 2.45) is 5.92 Å². The van der Waals surface area contributed by atoms with Gasteiger partial charge < -0.3 is 10.2 Å². The molecule has 3 rings (SSSR count). The van der Waals surface area contributed by atoms with Gasteiger partial charge in [0.15, 0.2) is 0 Å². The fraction of sp³-hybridized carbons (Fsp3) is 0.417. The van der Waals surface area contributed by atoms with Crippen molar-refractivity contribution < 1.29 is 9.59 Å². The zero-order chi connectivity index (χ0) is 20.5. The first-order chi connectivity index (χ1) is 14.1. The average Bonchev–Trinajstić information content (AvgIpc) is 2.76. The van der Waals surface area contributed by atoms with E-state index in [-0.39, 0.29) is 11.8 Å². The van der Waals surface area contributed by atoms with Crippen molar-refractivity contribution in [3.8, 4) is 0 Å². The van der Waals surface area contributed by atoms with Crippen LogP contribution in [0.3, 0.4) is 0 Å². The quantitative estimate of drug-likeness (QED) is 0.637. The Hall–Kier alpha value is -2.33. The van der Waals surface area contributed by atoms with Gasteiger partial charge in [-0.1, -0.05) is 54.1 Å². The van der Waals surface area contributed by atoms with Crippen LogP contribution in [0.5, 0.6) is 0 Å². The first-order valence-electron chi connectivity index (χ1n) is 10.5. The van der Waals surface area contributed by atoms with Crippen LogP contribution in [-0.2, 0) is 11.2 Å². The number of unbranched alkanes of at least 4 members (excludes halogenated alkanes) is 1. The second-order valence-electron chi connectivity index (χ2n) is 7.73. The van der Waals surface area contributed by atoms with Gasteiger partial charge in [0, 0.05) is 26.1 Å². The first-order valence-corrected chi connectivity index (χ1v) is 10.9. The number of likely N-dealkylation sites (tertiary alicyclic amines) is 1. The van der Waals surface area contributed by atoms with Crippen LogP contribution >= 0.6 is 11.6 Å². The summed E-state index contributed by atoms with van der Waals surface area (Å²) in [6.45, 7) is 2.12. The molecule has 5 heteroatoms. The van der Waals surface area contributed by atoms with Crippen molar-refractivity contribution in [2.75, 3.05) is 19.6 Å². The minimum absolute atomic E-state index is 0.153. The fourth-order valence-electron chi connectivity index (χ4n) is 3.84. The smallest absolute Gasteiger partial charge is 0.252 e. The maximum atomic E-state index is 12.6. The largest absolute Gasteiger partial charge is 0.352 e. The van der Waals surface area contributed by atoms with Crippen LogP contribution in [0.25, 0.3) is 0 Å².